The molecule has 0 saturated carbocycles. The summed E-state index contributed by atoms with van der Waals surface area (Å²) in [6.45, 7) is 1.12. The summed E-state index contributed by atoms with van der Waals surface area (Å²) in [6, 6.07) is 5.71. The Labute approximate surface area is 123 Å². The maximum absolute atomic E-state index is 9.18. The zero-order valence-corrected chi connectivity index (χ0v) is 12.1. The second-order valence-electron chi connectivity index (χ2n) is 5.01. The van der Waals surface area contributed by atoms with E-state index in [-0.39, 0.29) is 12.4 Å². The van der Waals surface area contributed by atoms with E-state index in [1.165, 1.54) is 6.42 Å². The molecule has 0 spiro atoms. The third kappa shape index (κ3) is 3.16. The molecule has 0 aromatic heterocycles. The summed E-state index contributed by atoms with van der Waals surface area (Å²) in [5.41, 5.74) is 7.10. The van der Waals surface area contributed by atoms with E-state index in [1.54, 1.807) is 12.1 Å². The average Bonchev–Trinajstić information content (AvgIpc) is 2.47. The molecule has 6 heteroatoms. The molecule has 4 N–H and O–H groups in total. The maximum Gasteiger partial charge on any atom is 0.170 e. The molecule has 1 aliphatic heterocycles. The molecule has 110 valence electrons. The van der Waals surface area contributed by atoms with Crippen LogP contribution in [0.4, 0.5) is 5.69 Å². The smallest absolute Gasteiger partial charge is 0.170 e. The zero-order valence-electron chi connectivity index (χ0n) is 11.3. The average molecular weight is 298 g/mol. The Morgan fingerprint density at radius 1 is 1.45 bits per heavy atom. The Morgan fingerprint density at radius 2 is 2.25 bits per heavy atom. The molecule has 1 aromatic carbocycles. The molecule has 1 aromatic rings. The first kappa shape index (κ1) is 14.9. The van der Waals surface area contributed by atoms with E-state index in [0.717, 1.165) is 31.5 Å². The van der Waals surface area contributed by atoms with Crippen LogP contribution in [0.1, 0.15) is 31.2 Å². The Kier molecular flexibility index (Phi) is 5.09. The van der Waals surface area contributed by atoms with Gasteiger partial charge in [-0.1, -0.05) is 16.8 Å². The molecule has 0 radical (unpaired) electrons. The summed E-state index contributed by atoms with van der Waals surface area (Å²) in [7, 11) is 0. The Bertz CT molecular complexity index is 491. The van der Waals surface area contributed by atoms with E-state index in [2.05, 4.69) is 10.1 Å². The number of amidine groups is 1. The number of aliphatic hydroxyl groups excluding tert-OH is 1. The quantitative estimate of drug-likeness (QED) is 0.344. The summed E-state index contributed by atoms with van der Waals surface area (Å²) in [4.78, 5) is 2.25. The molecule has 1 heterocycles. The van der Waals surface area contributed by atoms with Crippen LogP contribution in [-0.2, 0) is 0 Å². The molecule has 1 aliphatic rings. The predicted octanol–water partition coefficient (Wildman–Crippen LogP) is 2.18. The van der Waals surface area contributed by atoms with Gasteiger partial charge in [0.25, 0.3) is 0 Å². The minimum atomic E-state index is 0.0454. The third-order valence-corrected chi connectivity index (χ3v) is 4.05. The Morgan fingerprint density at radius 3 is 2.90 bits per heavy atom. The number of piperidine rings is 1. The number of aliphatic hydroxyl groups is 1. The summed E-state index contributed by atoms with van der Waals surface area (Å²) in [5, 5.41) is 21.4. The molecule has 0 aliphatic carbocycles. The van der Waals surface area contributed by atoms with Crippen LogP contribution in [0, 0.1) is 0 Å². The molecular weight excluding hydrogens is 278 g/mol. The van der Waals surface area contributed by atoms with Crippen molar-refractivity contribution in [3.05, 3.63) is 28.8 Å². The lowest BCUT2D eigenvalue weighted by atomic mass is 9.98. The molecule has 1 atom stereocenters. The fourth-order valence-corrected chi connectivity index (χ4v) is 3.01. The molecular formula is C14H20ClN3O2. The summed E-state index contributed by atoms with van der Waals surface area (Å²) in [5.74, 6) is 0.0454. The van der Waals surface area contributed by atoms with Gasteiger partial charge in [-0.05, 0) is 43.9 Å². The van der Waals surface area contributed by atoms with Crippen molar-refractivity contribution >= 4 is 23.1 Å². The van der Waals surface area contributed by atoms with Crippen molar-refractivity contribution < 1.29 is 10.3 Å². The van der Waals surface area contributed by atoms with Crippen molar-refractivity contribution in [2.24, 2.45) is 10.9 Å². The van der Waals surface area contributed by atoms with Gasteiger partial charge in [-0.25, -0.2) is 0 Å². The van der Waals surface area contributed by atoms with Crippen LogP contribution in [-0.4, -0.2) is 35.3 Å². The fourth-order valence-electron chi connectivity index (χ4n) is 2.72. The van der Waals surface area contributed by atoms with Crippen molar-refractivity contribution in [3.8, 4) is 0 Å². The number of benzene rings is 1. The highest BCUT2D eigenvalue weighted by atomic mass is 35.5. The number of rotatable bonds is 4. The topological polar surface area (TPSA) is 82.1 Å². The van der Waals surface area contributed by atoms with Crippen LogP contribution in [0.3, 0.4) is 0 Å². The standard InChI is InChI=1S/C14H20ClN3O2/c15-12-9-10(14(16)17-20)4-5-13(12)18-7-2-1-3-11(18)6-8-19/h4-5,9,11,19-20H,1-3,6-8H2,(H2,16,17). The lowest BCUT2D eigenvalue weighted by Gasteiger charge is -2.38. The van der Waals surface area contributed by atoms with Gasteiger partial charge >= 0.3 is 0 Å². The summed E-state index contributed by atoms with van der Waals surface area (Å²) >= 11 is 6.33. The van der Waals surface area contributed by atoms with Crippen LogP contribution < -0.4 is 10.6 Å². The van der Waals surface area contributed by atoms with Gasteiger partial charge in [0.15, 0.2) is 5.84 Å². The van der Waals surface area contributed by atoms with Crippen molar-refractivity contribution in [2.75, 3.05) is 18.1 Å². The molecule has 1 unspecified atom stereocenters. The van der Waals surface area contributed by atoms with Crippen molar-refractivity contribution in [1.29, 1.82) is 0 Å². The van der Waals surface area contributed by atoms with Gasteiger partial charge < -0.3 is 20.9 Å². The van der Waals surface area contributed by atoms with Gasteiger partial charge in [0.05, 0.1) is 10.7 Å². The lowest BCUT2D eigenvalue weighted by molar-refractivity contribution is 0.262. The largest absolute Gasteiger partial charge is 0.409 e. The highest BCUT2D eigenvalue weighted by Gasteiger charge is 2.24. The highest BCUT2D eigenvalue weighted by molar-refractivity contribution is 6.33. The van der Waals surface area contributed by atoms with E-state index in [9.17, 15) is 5.11 Å². The fraction of sp³-hybridized carbons (Fsp3) is 0.500. The number of nitrogens with two attached hydrogens (primary N) is 1. The molecule has 1 saturated heterocycles. The predicted molar refractivity (Wildman–Crippen MR) is 80.7 cm³/mol. The van der Waals surface area contributed by atoms with Crippen LogP contribution in [0.5, 0.6) is 0 Å². The molecule has 2 rings (SSSR count). The zero-order chi connectivity index (χ0) is 14.5. The van der Waals surface area contributed by atoms with E-state index in [0.29, 0.717) is 16.6 Å². The van der Waals surface area contributed by atoms with Crippen LogP contribution >= 0.6 is 11.6 Å². The molecule has 20 heavy (non-hydrogen) atoms. The van der Waals surface area contributed by atoms with Crippen molar-refractivity contribution in [3.63, 3.8) is 0 Å². The van der Waals surface area contributed by atoms with Gasteiger partial charge in [0.1, 0.15) is 0 Å². The minimum Gasteiger partial charge on any atom is -0.409 e. The normalized spacial score (nSPS) is 20.2. The van der Waals surface area contributed by atoms with Gasteiger partial charge in [0, 0.05) is 24.8 Å². The van der Waals surface area contributed by atoms with E-state index < -0.39 is 0 Å². The van der Waals surface area contributed by atoms with E-state index in [1.807, 2.05) is 6.07 Å². The lowest BCUT2D eigenvalue weighted by Crippen LogP contribution is -2.40. The first-order valence-corrected chi connectivity index (χ1v) is 7.20. The molecule has 5 nitrogen and oxygen atoms in total. The number of hydrogen-bond donors (Lipinski definition) is 3. The number of hydrogen-bond acceptors (Lipinski definition) is 4. The minimum absolute atomic E-state index is 0.0454. The second kappa shape index (κ2) is 6.81. The van der Waals surface area contributed by atoms with Crippen LogP contribution in [0.15, 0.2) is 23.4 Å². The molecule has 1 fully saturated rings. The second-order valence-corrected chi connectivity index (χ2v) is 5.41. The number of oxime groups is 1. The van der Waals surface area contributed by atoms with Crippen molar-refractivity contribution in [2.45, 2.75) is 31.7 Å². The van der Waals surface area contributed by atoms with Gasteiger partial charge in [0.2, 0.25) is 0 Å². The monoisotopic (exact) mass is 297 g/mol. The third-order valence-electron chi connectivity index (χ3n) is 3.75. The van der Waals surface area contributed by atoms with Gasteiger partial charge in [-0.3, -0.25) is 0 Å². The van der Waals surface area contributed by atoms with Gasteiger partial charge in [-0.2, -0.15) is 0 Å². The number of halogens is 1. The SMILES string of the molecule is NC(=NO)c1ccc(N2CCCCC2CCO)c(Cl)c1. The van der Waals surface area contributed by atoms with Crippen molar-refractivity contribution in [1.82, 2.24) is 0 Å². The molecule has 0 amide bonds. The summed E-state index contributed by atoms with van der Waals surface area (Å²) < 4.78 is 0. The Balaban J connectivity index is 2.27. The van der Waals surface area contributed by atoms with Gasteiger partial charge in [-0.15, -0.1) is 0 Å². The maximum atomic E-state index is 9.18. The first-order chi connectivity index (χ1) is 9.67. The molecule has 0 bridgehead atoms. The summed E-state index contributed by atoms with van der Waals surface area (Å²) in [6.07, 6.45) is 4.12. The van der Waals surface area contributed by atoms with E-state index in [4.69, 9.17) is 22.5 Å². The van der Waals surface area contributed by atoms with Crippen LogP contribution in [0.2, 0.25) is 5.02 Å². The van der Waals surface area contributed by atoms with E-state index >= 15 is 0 Å². The Hall–Kier alpha value is -1.46. The number of nitrogens with zero attached hydrogens (tertiary/aromatic N) is 2. The van der Waals surface area contributed by atoms with Crippen LogP contribution in [0.25, 0.3) is 0 Å². The number of anilines is 1. The first-order valence-electron chi connectivity index (χ1n) is 6.82. The highest BCUT2D eigenvalue weighted by Crippen LogP contribution is 2.32.